The summed E-state index contributed by atoms with van der Waals surface area (Å²) in [5, 5.41) is 0. The highest BCUT2D eigenvalue weighted by atomic mass is 16.5. The molecule has 1 aromatic rings. The van der Waals surface area contributed by atoms with E-state index in [0.717, 1.165) is 5.75 Å². The van der Waals surface area contributed by atoms with E-state index in [0.29, 0.717) is 17.3 Å². The second-order valence-electron chi connectivity index (χ2n) is 8.39. The van der Waals surface area contributed by atoms with E-state index in [1.165, 1.54) is 36.0 Å². The van der Waals surface area contributed by atoms with Gasteiger partial charge >= 0.3 is 0 Å². The smallest absolute Gasteiger partial charge is 0.122 e. The summed E-state index contributed by atoms with van der Waals surface area (Å²) in [6.45, 7) is 11.9. The highest BCUT2D eigenvalue weighted by Gasteiger charge is 2.48. The SMILES string of the molecule is COc1ccc2c(c1C(C)C)C=C[C@H]1C(C)(C)CCC[C@]21C. The normalized spacial score (nSPS) is 29.1. The molecule has 0 radical (unpaired) electrons. The number of hydrogen-bond donors (Lipinski definition) is 0. The van der Waals surface area contributed by atoms with Crippen molar-refractivity contribution in [3.8, 4) is 5.75 Å². The van der Waals surface area contributed by atoms with Crippen molar-refractivity contribution in [2.45, 2.75) is 65.2 Å². The quantitative estimate of drug-likeness (QED) is 0.657. The number of ether oxygens (including phenoxy) is 1. The van der Waals surface area contributed by atoms with Gasteiger partial charge in [-0.1, -0.05) is 59.3 Å². The van der Waals surface area contributed by atoms with E-state index in [2.05, 4.69) is 58.9 Å². The largest absolute Gasteiger partial charge is 0.496 e. The molecular weight excluding hydrogens is 268 g/mol. The van der Waals surface area contributed by atoms with Crippen LogP contribution in [0.15, 0.2) is 18.2 Å². The van der Waals surface area contributed by atoms with Gasteiger partial charge < -0.3 is 4.74 Å². The first-order valence-corrected chi connectivity index (χ1v) is 8.71. The van der Waals surface area contributed by atoms with Crippen molar-refractivity contribution in [2.75, 3.05) is 7.11 Å². The van der Waals surface area contributed by atoms with Gasteiger partial charge in [-0.05, 0) is 52.7 Å². The number of fused-ring (bicyclic) bond motifs is 3. The maximum absolute atomic E-state index is 5.65. The van der Waals surface area contributed by atoms with E-state index in [9.17, 15) is 0 Å². The monoisotopic (exact) mass is 298 g/mol. The van der Waals surface area contributed by atoms with Crippen molar-refractivity contribution in [1.82, 2.24) is 0 Å². The zero-order chi connectivity index (χ0) is 16.1. The van der Waals surface area contributed by atoms with Gasteiger partial charge in [0.05, 0.1) is 7.11 Å². The fraction of sp³-hybridized carbons (Fsp3) is 0.619. The van der Waals surface area contributed by atoms with Crippen LogP contribution >= 0.6 is 0 Å². The summed E-state index contributed by atoms with van der Waals surface area (Å²) in [4.78, 5) is 0. The Balaban J connectivity index is 2.22. The van der Waals surface area contributed by atoms with Gasteiger partial charge in [0.2, 0.25) is 0 Å². The minimum atomic E-state index is 0.266. The van der Waals surface area contributed by atoms with Crippen molar-refractivity contribution in [3.63, 3.8) is 0 Å². The predicted octanol–water partition coefficient (Wildman–Crippen LogP) is 5.93. The van der Waals surface area contributed by atoms with Gasteiger partial charge in [-0.2, -0.15) is 0 Å². The molecule has 0 N–H and O–H groups in total. The van der Waals surface area contributed by atoms with Gasteiger partial charge in [0.15, 0.2) is 0 Å². The first-order valence-electron chi connectivity index (χ1n) is 8.71. The molecule has 120 valence electrons. The third-order valence-electron chi connectivity index (χ3n) is 6.16. The first kappa shape index (κ1) is 15.6. The Morgan fingerprint density at radius 3 is 2.50 bits per heavy atom. The predicted molar refractivity (Wildman–Crippen MR) is 94.6 cm³/mol. The van der Waals surface area contributed by atoms with E-state index < -0.39 is 0 Å². The van der Waals surface area contributed by atoms with Crippen molar-refractivity contribution in [3.05, 3.63) is 34.9 Å². The fourth-order valence-corrected chi connectivity index (χ4v) is 5.12. The van der Waals surface area contributed by atoms with Crippen LogP contribution in [0.3, 0.4) is 0 Å². The zero-order valence-electron chi connectivity index (χ0n) is 15.0. The van der Waals surface area contributed by atoms with Gasteiger partial charge in [0.25, 0.3) is 0 Å². The Labute approximate surface area is 135 Å². The van der Waals surface area contributed by atoms with Gasteiger partial charge in [-0.25, -0.2) is 0 Å². The van der Waals surface area contributed by atoms with Crippen LogP contribution in [-0.2, 0) is 5.41 Å². The first-order chi connectivity index (χ1) is 10.3. The summed E-state index contributed by atoms with van der Waals surface area (Å²) < 4.78 is 5.65. The molecule has 0 aliphatic heterocycles. The third-order valence-corrected chi connectivity index (χ3v) is 6.16. The zero-order valence-corrected chi connectivity index (χ0v) is 15.0. The van der Waals surface area contributed by atoms with Crippen LogP contribution in [0.5, 0.6) is 5.75 Å². The molecule has 1 fully saturated rings. The van der Waals surface area contributed by atoms with Gasteiger partial charge in [0.1, 0.15) is 5.75 Å². The molecule has 1 nitrogen and oxygen atoms in total. The summed E-state index contributed by atoms with van der Waals surface area (Å²) in [6.07, 6.45) is 8.83. The summed E-state index contributed by atoms with van der Waals surface area (Å²) in [5.74, 6) is 2.15. The lowest BCUT2D eigenvalue weighted by Gasteiger charge is -2.52. The Kier molecular flexibility index (Phi) is 3.66. The average molecular weight is 298 g/mol. The molecule has 1 heteroatoms. The van der Waals surface area contributed by atoms with Gasteiger partial charge in [-0.15, -0.1) is 0 Å². The molecule has 2 atom stereocenters. The van der Waals surface area contributed by atoms with E-state index in [1.54, 1.807) is 7.11 Å². The number of benzene rings is 1. The molecule has 0 aromatic heterocycles. The second kappa shape index (κ2) is 5.15. The molecule has 22 heavy (non-hydrogen) atoms. The minimum absolute atomic E-state index is 0.266. The number of hydrogen-bond acceptors (Lipinski definition) is 1. The summed E-state index contributed by atoms with van der Waals surface area (Å²) >= 11 is 0. The number of methoxy groups -OCH3 is 1. The topological polar surface area (TPSA) is 9.23 Å². The minimum Gasteiger partial charge on any atom is -0.496 e. The molecule has 1 saturated carbocycles. The molecule has 3 rings (SSSR count). The summed E-state index contributed by atoms with van der Waals surface area (Å²) in [7, 11) is 1.79. The van der Waals surface area contributed by atoms with Crippen LogP contribution in [-0.4, -0.2) is 7.11 Å². The molecule has 0 heterocycles. The van der Waals surface area contributed by atoms with Crippen LogP contribution in [0.4, 0.5) is 0 Å². The highest BCUT2D eigenvalue weighted by molar-refractivity contribution is 5.67. The van der Waals surface area contributed by atoms with Crippen LogP contribution in [0.2, 0.25) is 0 Å². The van der Waals surface area contributed by atoms with Crippen LogP contribution in [0.1, 0.15) is 76.5 Å². The van der Waals surface area contributed by atoms with Crippen molar-refractivity contribution in [1.29, 1.82) is 0 Å². The van der Waals surface area contributed by atoms with E-state index in [-0.39, 0.29) is 5.41 Å². The molecule has 2 aliphatic rings. The van der Waals surface area contributed by atoms with Crippen LogP contribution in [0.25, 0.3) is 6.08 Å². The molecule has 0 unspecified atom stereocenters. The molecule has 0 spiro atoms. The van der Waals surface area contributed by atoms with Crippen molar-refractivity contribution < 1.29 is 4.74 Å². The van der Waals surface area contributed by atoms with Crippen LogP contribution in [0, 0.1) is 11.3 Å². The third kappa shape index (κ3) is 2.13. The van der Waals surface area contributed by atoms with Crippen LogP contribution < -0.4 is 4.74 Å². The molecule has 2 aliphatic carbocycles. The molecule has 0 amide bonds. The Morgan fingerprint density at radius 1 is 1.14 bits per heavy atom. The van der Waals surface area contributed by atoms with Gasteiger partial charge in [0, 0.05) is 5.56 Å². The maximum atomic E-state index is 5.65. The van der Waals surface area contributed by atoms with Crippen molar-refractivity contribution >= 4 is 6.08 Å². The second-order valence-corrected chi connectivity index (χ2v) is 8.39. The molecule has 0 saturated heterocycles. The van der Waals surface area contributed by atoms with Crippen molar-refractivity contribution in [2.24, 2.45) is 11.3 Å². The Morgan fingerprint density at radius 2 is 1.86 bits per heavy atom. The molecule has 1 aromatic carbocycles. The molecular formula is C21H30O. The maximum Gasteiger partial charge on any atom is 0.122 e. The van der Waals surface area contributed by atoms with Gasteiger partial charge in [-0.3, -0.25) is 0 Å². The number of allylic oxidation sites excluding steroid dienone is 1. The average Bonchev–Trinajstić information content (AvgIpc) is 2.44. The number of rotatable bonds is 2. The summed E-state index contributed by atoms with van der Waals surface area (Å²) in [5.41, 5.74) is 4.99. The lowest BCUT2D eigenvalue weighted by molar-refractivity contribution is 0.0908. The van der Waals surface area contributed by atoms with E-state index in [4.69, 9.17) is 4.74 Å². The fourth-order valence-electron chi connectivity index (χ4n) is 5.12. The summed E-state index contributed by atoms with van der Waals surface area (Å²) in [6, 6.07) is 4.52. The Bertz CT molecular complexity index is 609. The highest BCUT2D eigenvalue weighted by Crippen LogP contribution is 2.56. The molecule has 0 bridgehead atoms. The Hall–Kier alpha value is -1.24. The van der Waals surface area contributed by atoms with E-state index >= 15 is 0 Å². The van der Waals surface area contributed by atoms with E-state index in [1.807, 2.05) is 0 Å². The standard InChI is InChI=1S/C21H30O/c1-14(2)19-15-8-11-18-20(3,4)12-7-13-21(18,5)16(15)9-10-17(19)22-6/h8-11,14,18H,7,12-13H2,1-6H3/t18-,21+/m0/s1. The lowest BCUT2D eigenvalue weighted by atomic mass is 9.52. The lowest BCUT2D eigenvalue weighted by Crippen LogP contribution is -2.45.